The number of phenolic OH excluding ortho intramolecular Hbond substituents is 4. The fourth-order valence-corrected chi connectivity index (χ4v) is 18.5. The Balaban J connectivity index is 1.38. The van der Waals surface area contributed by atoms with Crippen LogP contribution in [-0.4, -0.2) is 54.1 Å². The molecule has 0 radical (unpaired) electrons. The fraction of sp³-hybridized carbons (Fsp3) is 0.294. The first kappa shape index (κ1) is 64.4. The molecule has 4 N–H and O–H groups in total. The van der Waals surface area contributed by atoms with E-state index >= 15 is 0 Å². The molecule has 16 nitrogen and oxygen atoms in total. The summed E-state index contributed by atoms with van der Waals surface area (Å²) in [4.78, 5) is -0.647. The molecule has 0 saturated carbocycles. The number of aromatic hydroxyl groups is 4. The predicted molar refractivity (Wildman–Crippen MR) is 336 cm³/mol. The van der Waals surface area contributed by atoms with E-state index in [1.165, 1.54) is 24.3 Å². The predicted octanol–water partition coefficient (Wildman–Crippen LogP) is 14.2. The third-order valence-electron chi connectivity index (χ3n) is 16.6. The number of aryl methyl sites for hydroxylation is 12. The first-order valence-corrected chi connectivity index (χ1v) is 34.0. The van der Waals surface area contributed by atoms with Gasteiger partial charge in [0.1, 0.15) is 42.6 Å². The van der Waals surface area contributed by atoms with E-state index in [9.17, 15) is 54.1 Å². The van der Waals surface area contributed by atoms with Gasteiger partial charge in [0.05, 0.1) is 0 Å². The van der Waals surface area contributed by atoms with Gasteiger partial charge >= 0.3 is 40.5 Å². The van der Waals surface area contributed by atoms with Gasteiger partial charge in [0.2, 0.25) is 0 Å². The molecule has 1 aliphatic carbocycles. The van der Waals surface area contributed by atoms with Crippen LogP contribution in [0.3, 0.4) is 0 Å². The highest BCUT2D eigenvalue weighted by Crippen LogP contribution is 2.52. The smallest absolute Gasteiger partial charge is 0.339 e. The second-order valence-electron chi connectivity index (χ2n) is 23.7. The Morgan fingerprint density at radius 1 is 0.250 bits per heavy atom. The third-order valence-corrected chi connectivity index (χ3v) is 22.8. The first-order valence-electron chi connectivity index (χ1n) is 28.4. The molecule has 88 heavy (non-hydrogen) atoms. The average molecular weight is 1270 g/mol. The maximum atomic E-state index is 14.9. The monoisotopic (exact) mass is 1270 g/mol. The van der Waals surface area contributed by atoms with Crippen molar-refractivity contribution in [1.82, 2.24) is 0 Å². The zero-order valence-electron chi connectivity index (χ0n) is 51.9. The van der Waals surface area contributed by atoms with Crippen molar-refractivity contribution in [2.75, 3.05) is 0 Å². The van der Waals surface area contributed by atoms with E-state index in [-0.39, 0.29) is 64.1 Å². The van der Waals surface area contributed by atoms with Gasteiger partial charge in [0.25, 0.3) is 0 Å². The first-order chi connectivity index (χ1) is 40.8. The molecule has 0 aromatic heterocycles. The largest absolute Gasteiger partial charge is 0.508 e. The van der Waals surface area contributed by atoms with E-state index in [2.05, 4.69) is 0 Å². The molecule has 0 saturated heterocycles. The van der Waals surface area contributed by atoms with Crippen LogP contribution in [0.15, 0.2) is 117 Å². The van der Waals surface area contributed by atoms with Crippen molar-refractivity contribution in [2.45, 2.75) is 154 Å². The van der Waals surface area contributed by atoms with Crippen LogP contribution in [0.2, 0.25) is 0 Å². The quantitative estimate of drug-likeness (QED) is 0.0830. The van der Waals surface area contributed by atoms with Gasteiger partial charge in [-0.1, -0.05) is 98.5 Å². The highest BCUT2D eigenvalue weighted by atomic mass is 32.2. The normalized spacial score (nSPS) is 16.3. The van der Waals surface area contributed by atoms with E-state index in [4.69, 9.17) is 16.7 Å². The molecule has 0 spiro atoms. The molecular weight excluding hydrogens is 1200 g/mol. The van der Waals surface area contributed by atoms with Gasteiger partial charge in [-0.15, -0.1) is 0 Å². The summed E-state index contributed by atoms with van der Waals surface area (Å²) in [6.45, 7) is 26.5. The van der Waals surface area contributed by atoms with Gasteiger partial charge < -0.3 is 37.2 Å². The third kappa shape index (κ3) is 12.0. The van der Waals surface area contributed by atoms with E-state index in [1.54, 1.807) is 132 Å². The summed E-state index contributed by atoms with van der Waals surface area (Å²) in [5, 5.41) is 48.2. The molecule has 0 fully saturated rings. The number of phenols is 4. The van der Waals surface area contributed by atoms with E-state index in [0.717, 1.165) is 46.5 Å². The van der Waals surface area contributed by atoms with Crippen LogP contribution in [0.5, 0.6) is 46.0 Å². The summed E-state index contributed by atoms with van der Waals surface area (Å²) in [7, 11) is -19.2. The van der Waals surface area contributed by atoms with Gasteiger partial charge in [-0.25, -0.2) is 0 Å². The number of benzene rings is 8. The zero-order valence-corrected chi connectivity index (χ0v) is 55.1. The molecule has 8 bridgehead atoms. The van der Waals surface area contributed by atoms with Crippen LogP contribution in [-0.2, 0) is 40.5 Å². The minimum atomic E-state index is -4.81. The van der Waals surface area contributed by atoms with Crippen LogP contribution < -0.4 is 16.7 Å². The van der Waals surface area contributed by atoms with Crippen molar-refractivity contribution < 1.29 is 70.8 Å². The van der Waals surface area contributed by atoms with Crippen molar-refractivity contribution in [2.24, 2.45) is 0 Å². The van der Waals surface area contributed by atoms with Crippen LogP contribution in [0.4, 0.5) is 0 Å². The van der Waals surface area contributed by atoms with Crippen LogP contribution >= 0.6 is 0 Å². The molecule has 8 aromatic carbocycles. The second-order valence-corrected chi connectivity index (χ2v) is 29.7. The maximum Gasteiger partial charge on any atom is 0.339 e. The Morgan fingerprint density at radius 2 is 0.409 bits per heavy atom. The molecule has 4 unspecified atom stereocenters. The highest BCUT2D eigenvalue weighted by Gasteiger charge is 2.37. The standard InChI is InChI=1S/C68H72O16S4/c1-33-17-37(5)65(38(6)18-33)85(73,74)81-61-31-62(82-86(75,76)66-39(7)19-34(2)20-40(66)8)54-27-53(61)45(13)49-25-50(58(70)29-57(49)69)47(15)55-28-56(48(16)52-26-51(46(54)14)59(71)30-60(52)72)64(84-88(79,80)68-43(11)23-36(4)24-44(68)12)32-63(55)83-87(77,78)67-41(9)21-35(3)22-42(67)10/h17-32,45-48,69-72H,1-16H3. The van der Waals surface area contributed by atoms with E-state index in [1.807, 2.05) is 27.7 Å². The molecule has 1 aliphatic rings. The summed E-state index contributed by atoms with van der Waals surface area (Å²) in [6, 6.07) is 23.5. The number of hydrogen-bond acceptors (Lipinski definition) is 16. The van der Waals surface area contributed by atoms with Gasteiger partial charge in [-0.05, 0) is 152 Å². The molecule has 20 heteroatoms. The Labute approximate surface area is 516 Å². The summed E-state index contributed by atoms with van der Waals surface area (Å²) >= 11 is 0. The minimum absolute atomic E-state index is 0.0434. The SMILES string of the molecule is Cc1cc(C)c(S(=O)(=O)Oc2cc(OS(=O)(=O)c3c(C)cc(C)cc3C)c3cc2C(C)c2cc(c(O)cc2O)C(C)c2cc(c(OS(=O)(=O)c4c(C)cc(C)cc4C)cc2OS(=O)(=O)c2c(C)cc(C)cc2C)C(C)c2cc(c(O)cc2O)C3C)c(C)c1. The maximum absolute atomic E-state index is 14.9. The molecule has 0 heterocycles. The van der Waals surface area contributed by atoms with Gasteiger partial charge in [-0.2, -0.15) is 33.7 Å². The van der Waals surface area contributed by atoms with Gasteiger partial charge in [0, 0.05) is 92.4 Å². The summed E-state index contributed by atoms with van der Waals surface area (Å²) in [5.74, 6) is -8.20. The van der Waals surface area contributed by atoms with Crippen LogP contribution in [0.25, 0.3) is 0 Å². The summed E-state index contributed by atoms with van der Waals surface area (Å²) < 4.78 is 144. The lowest BCUT2D eigenvalue weighted by Crippen LogP contribution is -2.18. The van der Waals surface area contributed by atoms with Crippen molar-refractivity contribution in [3.8, 4) is 46.0 Å². The lowest BCUT2D eigenvalue weighted by atomic mass is 9.81. The molecule has 8 aromatic rings. The van der Waals surface area contributed by atoms with E-state index in [0.29, 0.717) is 44.5 Å². The molecule has 4 atom stereocenters. The number of rotatable bonds is 12. The lowest BCUT2D eigenvalue weighted by Gasteiger charge is -2.28. The Bertz CT molecular complexity index is 4050. The topological polar surface area (TPSA) is 254 Å². The lowest BCUT2D eigenvalue weighted by molar-refractivity contribution is 0.438. The molecule has 0 amide bonds. The average Bonchev–Trinajstić information content (AvgIpc) is 0.961. The fourth-order valence-electron chi connectivity index (χ4n) is 13.0. The molecule has 9 rings (SSSR count). The zero-order chi connectivity index (χ0) is 64.9. The van der Waals surface area contributed by atoms with Crippen molar-refractivity contribution in [3.05, 3.63) is 208 Å². The second kappa shape index (κ2) is 23.2. The molecule has 0 aliphatic heterocycles. The van der Waals surface area contributed by atoms with Crippen LogP contribution in [0, 0.1) is 83.1 Å². The van der Waals surface area contributed by atoms with Crippen molar-refractivity contribution in [3.63, 3.8) is 0 Å². The number of hydrogen-bond donors (Lipinski definition) is 4. The van der Waals surface area contributed by atoms with Gasteiger partial charge in [-0.3, -0.25) is 0 Å². The van der Waals surface area contributed by atoms with Crippen molar-refractivity contribution >= 4 is 40.5 Å². The van der Waals surface area contributed by atoms with Crippen LogP contribution in [0.1, 0.15) is 163 Å². The van der Waals surface area contributed by atoms with Crippen molar-refractivity contribution in [1.29, 1.82) is 0 Å². The molecular formula is C68H72O16S4. The Hall–Kier alpha value is -8.04. The Kier molecular flexibility index (Phi) is 17.0. The summed E-state index contributed by atoms with van der Waals surface area (Å²) in [6.07, 6.45) is 0. The van der Waals surface area contributed by atoms with E-state index < -0.39 is 110 Å². The highest BCUT2D eigenvalue weighted by molar-refractivity contribution is 7.88. The summed E-state index contributed by atoms with van der Waals surface area (Å²) in [5.41, 5.74) is 6.34. The minimum Gasteiger partial charge on any atom is -0.508 e. The Morgan fingerprint density at radius 3 is 0.580 bits per heavy atom. The van der Waals surface area contributed by atoms with Gasteiger partial charge in [0.15, 0.2) is 23.0 Å². The number of fused-ring (bicyclic) bond motifs is 8. The molecule has 464 valence electrons.